The summed E-state index contributed by atoms with van der Waals surface area (Å²) in [7, 11) is -3.38. The van der Waals surface area contributed by atoms with Gasteiger partial charge in [0.05, 0.1) is 12.7 Å². The van der Waals surface area contributed by atoms with Gasteiger partial charge in [0, 0.05) is 28.0 Å². The molecule has 0 radical (unpaired) electrons. The Labute approximate surface area is 213 Å². The van der Waals surface area contributed by atoms with E-state index >= 15 is 0 Å². The number of anilines is 2. The molecule has 0 aliphatic heterocycles. The molecule has 4 aromatic carbocycles. The summed E-state index contributed by atoms with van der Waals surface area (Å²) >= 11 is 6.09. The highest BCUT2D eigenvalue weighted by Gasteiger charge is 2.13. The van der Waals surface area contributed by atoms with Crippen molar-refractivity contribution in [2.24, 2.45) is 0 Å². The molecule has 1 amide bonds. The summed E-state index contributed by atoms with van der Waals surface area (Å²) in [5.41, 5.74) is 2.87. The van der Waals surface area contributed by atoms with Crippen molar-refractivity contribution < 1.29 is 22.3 Å². The van der Waals surface area contributed by atoms with Gasteiger partial charge in [0.2, 0.25) is 15.9 Å². The van der Waals surface area contributed by atoms with Crippen molar-refractivity contribution in [1.29, 1.82) is 0 Å². The maximum absolute atomic E-state index is 13.9. The molecule has 0 aliphatic carbocycles. The fourth-order valence-corrected chi connectivity index (χ4v) is 4.28. The summed E-state index contributed by atoms with van der Waals surface area (Å²) < 4.78 is 45.0. The van der Waals surface area contributed by atoms with Gasteiger partial charge in [0.1, 0.15) is 17.3 Å². The third kappa shape index (κ3) is 7.07. The van der Waals surface area contributed by atoms with Crippen molar-refractivity contribution >= 4 is 38.9 Å². The van der Waals surface area contributed by atoms with Crippen LogP contribution in [0.5, 0.6) is 11.5 Å². The number of carbonyl (C=O) groups is 1. The monoisotopic (exact) mass is 524 g/mol. The van der Waals surface area contributed by atoms with Crippen LogP contribution in [0.1, 0.15) is 5.56 Å². The van der Waals surface area contributed by atoms with Crippen molar-refractivity contribution in [2.75, 3.05) is 16.3 Å². The van der Waals surface area contributed by atoms with Gasteiger partial charge in [-0.25, -0.2) is 12.8 Å². The number of hydrogen-bond donors (Lipinski definition) is 2. The van der Waals surface area contributed by atoms with Gasteiger partial charge in [-0.05, 0) is 65.7 Å². The normalized spacial score (nSPS) is 11.1. The van der Waals surface area contributed by atoms with Gasteiger partial charge >= 0.3 is 0 Å². The highest BCUT2D eigenvalue weighted by atomic mass is 35.5. The number of halogens is 2. The molecule has 0 unspecified atom stereocenters. The number of hydrogen-bond acceptors (Lipinski definition) is 4. The number of rotatable bonds is 8. The first-order valence-corrected chi connectivity index (χ1v) is 13.1. The Morgan fingerprint density at radius 3 is 2.33 bits per heavy atom. The Morgan fingerprint density at radius 2 is 1.64 bits per heavy atom. The predicted molar refractivity (Wildman–Crippen MR) is 141 cm³/mol. The van der Waals surface area contributed by atoms with E-state index in [0.717, 1.165) is 6.26 Å². The number of amides is 1. The van der Waals surface area contributed by atoms with Gasteiger partial charge in [-0.1, -0.05) is 41.9 Å². The number of carbonyl (C=O) groups excluding carboxylic acids is 1. The molecule has 4 rings (SSSR count). The van der Waals surface area contributed by atoms with Gasteiger partial charge in [0.25, 0.3) is 0 Å². The van der Waals surface area contributed by atoms with E-state index in [1.807, 2.05) is 0 Å². The average Bonchev–Trinajstić information content (AvgIpc) is 2.80. The Hall–Kier alpha value is -3.88. The molecule has 0 bridgehead atoms. The third-order valence-electron chi connectivity index (χ3n) is 5.05. The molecule has 0 spiro atoms. The second-order valence-electron chi connectivity index (χ2n) is 8.08. The highest BCUT2D eigenvalue weighted by Crippen LogP contribution is 2.36. The van der Waals surface area contributed by atoms with E-state index in [0.29, 0.717) is 44.6 Å². The minimum Gasteiger partial charge on any atom is -0.457 e. The van der Waals surface area contributed by atoms with Gasteiger partial charge < -0.3 is 10.1 Å². The van der Waals surface area contributed by atoms with E-state index in [1.165, 1.54) is 12.1 Å². The Balaban J connectivity index is 1.55. The molecule has 9 heteroatoms. The molecule has 0 aliphatic rings. The van der Waals surface area contributed by atoms with E-state index in [4.69, 9.17) is 16.3 Å². The second kappa shape index (κ2) is 10.8. The molecular weight excluding hydrogens is 503 g/mol. The number of nitrogens with one attached hydrogen (secondary N) is 2. The Morgan fingerprint density at radius 1 is 0.917 bits per heavy atom. The molecule has 4 aromatic rings. The zero-order valence-corrected chi connectivity index (χ0v) is 20.7. The van der Waals surface area contributed by atoms with Crippen LogP contribution in [0.2, 0.25) is 5.02 Å². The predicted octanol–water partition coefficient (Wildman–Crippen LogP) is 6.49. The molecule has 0 heterocycles. The number of benzene rings is 4. The van der Waals surface area contributed by atoms with Gasteiger partial charge in [-0.2, -0.15) is 0 Å². The summed E-state index contributed by atoms with van der Waals surface area (Å²) in [5.74, 6) is 0.255. The quantitative estimate of drug-likeness (QED) is 0.276. The Kier molecular flexibility index (Phi) is 7.57. The van der Waals surface area contributed by atoms with Crippen molar-refractivity contribution in [1.82, 2.24) is 0 Å². The van der Waals surface area contributed by atoms with E-state index in [9.17, 15) is 17.6 Å². The summed E-state index contributed by atoms with van der Waals surface area (Å²) in [5, 5.41) is 3.34. The molecule has 0 aromatic heterocycles. The zero-order valence-electron chi connectivity index (χ0n) is 19.2. The maximum Gasteiger partial charge on any atom is 0.229 e. The minimum atomic E-state index is -3.38. The van der Waals surface area contributed by atoms with Crippen LogP contribution in [0.4, 0.5) is 15.8 Å². The average molecular weight is 525 g/mol. The fraction of sp³-hybridized carbons (Fsp3) is 0.0741. The van der Waals surface area contributed by atoms with Crippen LogP contribution in [0.3, 0.4) is 0 Å². The van der Waals surface area contributed by atoms with Crippen LogP contribution < -0.4 is 14.8 Å². The smallest absolute Gasteiger partial charge is 0.229 e. The largest absolute Gasteiger partial charge is 0.457 e. The first kappa shape index (κ1) is 25.2. The summed E-state index contributed by atoms with van der Waals surface area (Å²) in [6.07, 6.45) is 1.15. The van der Waals surface area contributed by atoms with E-state index in [-0.39, 0.29) is 18.1 Å². The zero-order chi connectivity index (χ0) is 25.7. The van der Waals surface area contributed by atoms with Gasteiger partial charge in [0.15, 0.2) is 0 Å². The minimum absolute atomic E-state index is 0.0787. The van der Waals surface area contributed by atoms with E-state index in [1.54, 1.807) is 78.9 Å². The van der Waals surface area contributed by atoms with Crippen molar-refractivity contribution in [3.8, 4) is 22.6 Å². The van der Waals surface area contributed by atoms with Crippen LogP contribution in [0, 0.1) is 5.82 Å². The van der Waals surface area contributed by atoms with Crippen molar-refractivity contribution in [2.45, 2.75) is 6.42 Å². The SMILES string of the molecule is CS(=O)(=O)Nc1ccc(CC(=O)Nc2ccc(-c3cccc(F)c3)c(Oc3cccc(Cl)c3)c2)cc1. The summed E-state index contributed by atoms with van der Waals surface area (Å²) in [6.45, 7) is 0. The topological polar surface area (TPSA) is 84.5 Å². The molecule has 36 heavy (non-hydrogen) atoms. The number of sulfonamides is 1. The highest BCUT2D eigenvalue weighted by molar-refractivity contribution is 7.92. The van der Waals surface area contributed by atoms with Crippen LogP contribution in [-0.4, -0.2) is 20.6 Å². The Bertz CT molecular complexity index is 1510. The lowest BCUT2D eigenvalue weighted by Gasteiger charge is -2.14. The number of ether oxygens (including phenoxy) is 1. The molecule has 184 valence electrons. The lowest BCUT2D eigenvalue weighted by molar-refractivity contribution is -0.115. The molecule has 0 saturated carbocycles. The second-order valence-corrected chi connectivity index (χ2v) is 10.3. The molecule has 2 N–H and O–H groups in total. The molecule has 6 nitrogen and oxygen atoms in total. The maximum atomic E-state index is 13.9. The van der Waals surface area contributed by atoms with Gasteiger partial charge in [-0.3, -0.25) is 9.52 Å². The van der Waals surface area contributed by atoms with Crippen molar-refractivity contribution in [3.05, 3.63) is 107 Å². The van der Waals surface area contributed by atoms with Crippen LogP contribution in [0.25, 0.3) is 11.1 Å². The van der Waals surface area contributed by atoms with Crippen LogP contribution >= 0.6 is 11.6 Å². The first-order chi connectivity index (χ1) is 17.1. The van der Waals surface area contributed by atoms with E-state index in [2.05, 4.69) is 10.0 Å². The lowest BCUT2D eigenvalue weighted by Crippen LogP contribution is -2.14. The molecular formula is C27H22ClFN2O4S. The third-order valence-corrected chi connectivity index (χ3v) is 5.89. The van der Waals surface area contributed by atoms with E-state index < -0.39 is 10.0 Å². The van der Waals surface area contributed by atoms with Crippen molar-refractivity contribution in [3.63, 3.8) is 0 Å². The van der Waals surface area contributed by atoms with Gasteiger partial charge in [-0.15, -0.1) is 0 Å². The molecule has 0 fully saturated rings. The molecule has 0 atom stereocenters. The van der Waals surface area contributed by atoms with Crippen LogP contribution in [-0.2, 0) is 21.2 Å². The fourth-order valence-electron chi connectivity index (χ4n) is 3.53. The summed E-state index contributed by atoms with van der Waals surface area (Å²) in [6, 6.07) is 24.7. The standard InChI is InChI=1S/C27H22ClFN2O4S/c1-36(33,34)31-22-10-8-18(9-11-22)14-27(32)30-23-12-13-25(19-4-2-6-21(29)15-19)26(17-23)35-24-7-3-5-20(28)16-24/h2-13,15-17,31H,14H2,1H3,(H,30,32). The lowest BCUT2D eigenvalue weighted by atomic mass is 10.0. The first-order valence-electron chi connectivity index (χ1n) is 10.8. The molecule has 0 saturated heterocycles. The summed E-state index contributed by atoms with van der Waals surface area (Å²) in [4.78, 5) is 12.7. The van der Waals surface area contributed by atoms with Crippen LogP contribution in [0.15, 0.2) is 91.0 Å².